The number of carbonyl (C=O) groups is 1. The monoisotopic (exact) mass is 545 g/mol. The quantitative estimate of drug-likeness (QED) is 0.187. The maximum absolute atomic E-state index is 14.0. The summed E-state index contributed by atoms with van der Waals surface area (Å²) < 4.78 is 25.9. The molecular formula is C28H20FN3O4S2. The number of hydrogen-bond acceptors (Lipinski definition) is 8. The van der Waals surface area contributed by atoms with E-state index in [4.69, 9.17) is 9.15 Å². The highest BCUT2D eigenvalue weighted by atomic mass is 32.2. The molecule has 10 heteroatoms. The van der Waals surface area contributed by atoms with Crippen LogP contribution in [0.2, 0.25) is 0 Å². The Balaban J connectivity index is 1.42. The highest BCUT2D eigenvalue weighted by Gasteiger charge is 2.45. The maximum atomic E-state index is 14.0. The van der Waals surface area contributed by atoms with E-state index in [1.165, 1.54) is 45.7 Å². The second kappa shape index (κ2) is 9.70. The zero-order chi connectivity index (χ0) is 26.4. The lowest BCUT2D eigenvalue weighted by Crippen LogP contribution is -2.29. The molecule has 7 nitrogen and oxygen atoms in total. The fourth-order valence-electron chi connectivity index (χ4n) is 4.43. The van der Waals surface area contributed by atoms with Crippen LogP contribution < -0.4 is 15.1 Å². The molecule has 0 saturated carbocycles. The van der Waals surface area contributed by atoms with Gasteiger partial charge in [-0.05, 0) is 48.4 Å². The number of rotatable bonds is 6. The van der Waals surface area contributed by atoms with Crippen LogP contribution in [-0.2, 0) is 5.75 Å². The lowest BCUT2D eigenvalue weighted by atomic mass is 9.98. The third-order valence-corrected chi connectivity index (χ3v) is 8.48. The van der Waals surface area contributed by atoms with E-state index < -0.39 is 23.2 Å². The number of thioether (sulfide) groups is 1. The summed E-state index contributed by atoms with van der Waals surface area (Å²) in [4.78, 5) is 28.8. The molecule has 5 aromatic rings. The van der Waals surface area contributed by atoms with Crippen LogP contribution in [0.25, 0.3) is 11.0 Å². The summed E-state index contributed by atoms with van der Waals surface area (Å²) in [5, 5.41) is 9.01. The smallest absolute Gasteiger partial charge is 0.297 e. The van der Waals surface area contributed by atoms with Gasteiger partial charge in [-0.2, -0.15) is 0 Å². The molecule has 1 aliphatic rings. The molecule has 0 saturated heterocycles. The first-order valence-corrected chi connectivity index (χ1v) is 13.5. The number of nitrogens with zero attached hydrogens (tertiary/aromatic N) is 3. The molecule has 0 radical (unpaired) electrons. The van der Waals surface area contributed by atoms with Gasteiger partial charge >= 0.3 is 0 Å². The summed E-state index contributed by atoms with van der Waals surface area (Å²) in [6.45, 7) is 2.04. The summed E-state index contributed by atoms with van der Waals surface area (Å²) in [5.41, 5.74) is 2.81. The Morgan fingerprint density at radius 2 is 1.82 bits per heavy atom. The molecule has 3 aromatic carbocycles. The molecule has 190 valence electrons. The fourth-order valence-corrected chi connectivity index (χ4v) is 6.25. The normalized spacial score (nSPS) is 14.8. The first kappa shape index (κ1) is 24.3. The van der Waals surface area contributed by atoms with Crippen molar-refractivity contribution in [2.45, 2.75) is 23.1 Å². The minimum Gasteiger partial charge on any atom is -0.497 e. The molecule has 2 aromatic heterocycles. The Morgan fingerprint density at radius 3 is 2.55 bits per heavy atom. The standard InChI is InChI=1S/C28H20FN3O4S2/c1-15-3-5-16(6-4-15)14-37-28-31-30-27(38-28)32-23(17-7-10-19(35-2)11-8-17)22-24(33)20-13-18(29)9-12-21(20)36-25(22)26(32)34/h3-13,23H,14H2,1-2H3. The lowest BCUT2D eigenvalue weighted by molar-refractivity contribution is 0.0970. The van der Waals surface area contributed by atoms with Crippen molar-refractivity contribution < 1.29 is 18.3 Å². The molecule has 38 heavy (non-hydrogen) atoms. The van der Waals surface area contributed by atoms with Gasteiger partial charge in [0.1, 0.15) is 17.1 Å². The summed E-state index contributed by atoms with van der Waals surface area (Å²) in [6.07, 6.45) is 0. The second-order valence-electron chi connectivity index (χ2n) is 8.79. The van der Waals surface area contributed by atoms with Crippen LogP contribution in [0.4, 0.5) is 9.52 Å². The topological polar surface area (TPSA) is 85.5 Å². The second-order valence-corrected chi connectivity index (χ2v) is 11.0. The number of ether oxygens (including phenoxy) is 1. The molecule has 0 bridgehead atoms. The third-order valence-electron chi connectivity index (χ3n) is 6.35. The van der Waals surface area contributed by atoms with Crippen LogP contribution in [0.1, 0.15) is 38.9 Å². The van der Waals surface area contributed by atoms with Gasteiger partial charge in [-0.1, -0.05) is 65.1 Å². The molecule has 0 fully saturated rings. The Morgan fingerprint density at radius 1 is 1.05 bits per heavy atom. The van der Waals surface area contributed by atoms with Crippen molar-refractivity contribution in [1.29, 1.82) is 0 Å². The van der Waals surface area contributed by atoms with Gasteiger partial charge in [-0.3, -0.25) is 14.5 Å². The van der Waals surface area contributed by atoms with Crippen molar-refractivity contribution in [2.75, 3.05) is 12.0 Å². The van der Waals surface area contributed by atoms with E-state index in [0.717, 1.165) is 11.6 Å². The maximum Gasteiger partial charge on any atom is 0.297 e. The molecule has 3 heterocycles. The number of aromatic nitrogens is 2. The lowest BCUT2D eigenvalue weighted by Gasteiger charge is -2.22. The van der Waals surface area contributed by atoms with E-state index in [1.807, 2.05) is 6.92 Å². The zero-order valence-electron chi connectivity index (χ0n) is 20.3. The highest BCUT2D eigenvalue weighted by Crippen LogP contribution is 2.43. The van der Waals surface area contributed by atoms with Crippen molar-refractivity contribution >= 4 is 45.1 Å². The number of halogens is 1. The molecule has 1 atom stereocenters. The van der Waals surface area contributed by atoms with Crippen LogP contribution in [0.15, 0.2) is 80.3 Å². The number of amides is 1. The number of hydrogen-bond donors (Lipinski definition) is 0. The summed E-state index contributed by atoms with van der Waals surface area (Å²) in [5.74, 6) is 0.172. The van der Waals surface area contributed by atoms with E-state index in [9.17, 15) is 14.0 Å². The van der Waals surface area contributed by atoms with Crippen molar-refractivity contribution in [2.24, 2.45) is 0 Å². The molecule has 1 amide bonds. The minimum atomic E-state index is -0.824. The molecule has 0 aliphatic carbocycles. The van der Waals surface area contributed by atoms with Crippen LogP contribution in [0.3, 0.4) is 0 Å². The number of methoxy groups -OCH3 is 1. The summed E-state index contributed by atoms with van der Waals surface area (Å²) in [6, 6.07) is 18.2. The van der Waals surface area contributed by atoms with Gasteiger partial charge < -0.3 is 9.15 Å². The van der Waals surface area contributed by atoms with E-state index in [2.05, 4.69) is 34.5 Å². The fraction of sp³-hybridized carbons (Fsp3) is 0.143. The van der Waals surface area contributed by atoms with Gasteiger partial charge in [0.05, 0.1) is 24.1 Å². The highest BCUT2D eigenvalue weighted by molar-refractivity contribution is 8.00. The Kier molecular flexibility index (Phi) is 6.21. The van der Waals surface area contributed by atoms with Crippen LogP contribution in [0, 0.1) is 12.7 Å². The van der Waals surface area contributed by atoms with E-state index in [1.54, 1.807) is 31.4 Å². The number of benzene rings is 3. The first-order chi connectivity index (χ1) is 18.4. The molecule has 0 N–H and O–H groups in total. The zero-order valence-corrected chi connectivity index (χ0v) is 21.9. The van der Waals surface area contributed by atoms with Crippen LogP contribution in [-0.4, -0.2) is 23.2 Å². The van der Waals surface area contributed by atoms with Crippen molar-refractivity contribution in [3.8, 4) is 5.75 Å². The number of fused-ring (bicyclic) bond motifs is 2. The van der Waals surface area contributed by atoms with E-state index in [0.29, 0.717) is 26.5 Å². The molecule has 6 rings (SSSR count). The van der Waals surface area contributed by atoms with Crippen molar-refractivity contribution in [1.82, 2.24) is 10.2 Å². The van der Waals surface area contributed by atoms with Crippen LogP contribution >= 0.6 is 23.1 Å². The van der Waals surface area contributed by atoms with Gasteiger partial charge in [0, 0.05) is 5.75 Å². The molecule has 0 spiro atoms. The van der Waals surface area contributed by atoms with Gasteiger partial charge in [-0.25, -0.2) is 4.39 Å². The number of carbonyl (C=O) groups excluding carboxylic acids is 1. The van der Waals surface area contributed by atoms with Crippen molar-refractivity contribution in [3.05, 3.63) is 111 Å². The van der Waals surface area contributed by atoms with Gasteiger partial charge in [-0.15, -0.1) is 10.2 Å². The summed E-state index contributed by atoms with van der Waals surface area (Å²) in [7, 11) is 1.56. The Labute approximate surface area is 224 Å². The summed E-state index contributed by atoms with van der Waals surface area (Å²) >= 11 is 2.78. The third kappa shape index (κ3) is 4.25. The van der Waals surface area contributed by atoms with E-state index in [-0.39, 0.29) is 22.3 Å². The average Bonchev–Trinajstić information content (AvgIpc) is 3.51. The number of anilines is 1. The molecular weight excluding hydrogens is 525 g/mol. The van der Waals surface area contributed by atoms with Crippen LogP contribution in [0.5, 0.6) is 5.75 Å². The average molecular weight is 546 g/mol. The van der Waals surface area contributed by atoms with Crippen molar-refractivity contribution in [3.63, 3.8) is 0 Å². The van der Waals surface area contributed by atoms with Gasteiger partial charge in [0.2, 0.25) is 10.9 Å². The molecule has 1 aliphatic heterocycles. The van der Waals surface area contributed by atoms with E-state index >= 15 is 0 Å². The van der Waals surface area contributed by atoms with Gasteiger partial charge in [0.15, 0.2) is 9.77 Å². The number of aryl methyl sites for hydroxylation is 1. The van der Waals surface area contributed by atoms with Gasteiger partial charge in [0.25, 0.3) is 5.91 Å². The minimum absolute atomic E-state index is 0.0727. The first-order valence-electron chi connectivity index (χ1n) is 11.7. The Bertz CT molecular complexity index is 1730. The predicted molar refractivity (Wildman–Crippen MR) is 145 cm³/mol. The predicted octanol–water partition coefficient (Wildman–Crippen LogP) is 6.14. The largest absolute Gasteiger partial charge is 0.497 e. The molecule has 1 unspecified atom stereocenters. The SMILES string of the molecule is COc1ccc(C2c3c(oc4ccc(F)cc4c3=O)C(=O)N2c2nnc(SCc3ccc(C)cc3)s2)cc1. The Hall–Kier alpha value is -4.02.